The van der Waals surface area contributed by atoms with Gasteiger partial charge in [0, 0.05) is 11.5 Å². The van der Waals surface area contributed by atoms with Gasteiger partial charge in [0.25, 0.3) is 5.91 Å². The molecule has 0 N–H and O–H groups in total. The smallest absolute Gasteiger partial charge is 0.260 e. The van der Waals surface area contributed by atoms with E-state index >= 15 is 0 Å². The number of rotatable bonds is 6. The lowest BCUT2D eigenvalue weighted by Crippen LogP contribution is -2.33. The van der Waals surface area contributed by atoms with E-state index in [2.05, 4.69) is 26.0 Å². The van der Waals surface area contributed by atoms with Crippen molar-refractivity contribution < 1.29 is 13.9 Å². The number of hydrogen-bond donors (Lipinski definition) is 0. The molecule has 3 aromatic rings. The summed E-state index contributed by atoms with van der Waals surface area (Å²) in [4.78, 5) is 17.9. The molecule has 1 aromatic heterocycles. The number of carbonyl (C=O) groups is 1. The zero-order chi connectivity index (χ0) is 19.4. The first-order chi connectivity index (χ1) is 13.0. The van der Waals surface area contributed by atoms with Crippen LogP contribution in [0, 0.1) is 5.82 Å². The Morgan fingerprint density at radius 1 is 1.30 bits per heavy atom. The van der Waals surface area contributed by atoms with Crippen molar-refractivity contribution in [1.29, 1.82) is 0 Å². The molecule has 1 amide bonds. The largest absolute Gasteiger partial charge is 0.481 e. The van der Waals surface area contributed by atoms with Crippen LogP contribution in [0.2, 0.25) is 0 Å². The SMILES string of the molecule is C[C@@H](c1ccc(-n2cncn2)cc1)N(C)C(=O)COc1ccc(Br)cc1F. The van der Waals surface area contributed by atoms with E-state index in [9.17, 15) is 9.18 Å². The Kier molecular flexibility index (Phi) is 5.85. The monoisotopic (exact) mass is 432 g/mol. The molecule has 8 heteroatoms. The van der Waals surface area contributed by atoms with Gasteiger partial charge < -0.3 is 9.64 Å². The fourth-order valence-corrected chi connectivity index (χ4v) is 2.85. The predicted octanol–water partition coefficient (Wildman–Crippen LogP) is 3.77. The minimum atomic E-state index is -0.517. The Morgan fingerprint density at radius 3 is 2.67 bits per heavy atom. The van der Waals surface area contributed by atoms with Gasteiger partial charge in [-0.05, 0) is 42.8 Å². The molecule has 0 spiro atoms. The predicted molar refractivity (Wildman–Crippen MR) is 102 cm³/mol. The highest BCUT2D eigenvalue weighted by atomic mass is 79.9. The third-order valence-electron chi connectivity index (χ3n) is 4.28. The fourth-order valence-electron chi connectivity index (χ4n) is 2.52. The fraction of sp³-hybridized carbons (Fsp3) is 0.211. The molecule has 6 nitrogen and oxygen atoms in total. The van der Waals surface area contributed by atoms with Crippen LogP contribution < -0.4 is 4.74 Å². The summed E-state index contributed by atoms with van der Waals surface area (Å²) in [6.45, 7) is 1.68. The molecule has 0 bridgehead atoms. The van der Waals surface area contributed by atoms with Crippen LogP contribution in [0.15, 0.2) is 59.6 Å². The van der Waals surface area contributed by atoms with Gasteiger partial charge in [-0.3, -0.25) is 4.79 Å². The summed E-state index contributed by atoms with van der Waals surface area (Å²) in [6.07, 6.45) is 3.09. The van der Waals surface area contributed by atoms with Gasteiger partial charge in [0.15, 0.2) is 18.2 Å². The second kappa shape index (κ2) is 8.30. The average molecular weight is 433 g/mol. The number of benzene rings is 2. The van der Waals surface area contributed by atoms with Crippen LogP contribution in [0.1, 0.15) is 18.5 Å². The Morgan fingerprint density at radius 2 is 2.04 bits per heavy atom. The van der Waals surface area contributed by atoms with Gasteiger partial charge in [0.1, 0.15) is 12.7 Å². The van der Waals surface area contributed by atoms with Crippen molar-refractivity contribution in [2.24, 2.45) is 0 Å². The van der Waals surface area contributed by atoms with Crippen LogP contribution in [0.3, 0.4) is 0 Å². The van der Waals surface area contributed by atoms with Crippen LogP contribution in [0.25, 0.3) is 5.69 Å². The first kappa shape index (κ1) is 19.0. The molecule has 1 atom stereocenters. The van der Waals surface area contributed by atoms with Crippen molar-refractivity contribution in [3.63, 3.8) is 0 Å². The van der Waals surface area contributed by atoms with Crippen molar-refractivity contribution in [2.45, 2.75) is 13.0 Å². The van der Waals surface area contributed by atoms with Crippen LogP contribution in [0.5, 0.6) is 5.75 Å². The Bertz CT molecular complexity index is 916. The zero-order valence-electron chi connectivity index (χ0n) is 14.8. The summed E-state index contributed by atoms with van der Waals surface area (Å²) < 4.78 is 21.4. The molecule has 1 heterocycles. The summed E-state index contributed by atoms with van der Waals surface area (Å²) in [5, 5.41) is 4.08. The van der Waals surface area contributed by atoms with E-state index in [-0.39, 0.29) is 24.3 Å². The van der Waals surface area contributed by atoms with Crippen LogP contribution >= 0.6 is 15.9 Å². The van der Waals surface area contributed by atoms with Crippen LogP contribution in [-0.4, -0.2) is 39.2 Å². The lowest BCUT2D eigenvalue weighted by molar-refractivity contribution is -0.134. The first-order valence-corrected chi connectivity index (χ1v) is 9.03. The highest BCUT2D eigenvalue weighted by Gasteiger charge is 2.18. The number of ether oxygens (including phenoxy) is 1. The maximum absolute atomic E-state index is 13.8. The number of aromatic nitrogens is 3. The summed E-state index contributed by atoms with van der Waals surface area (Å²) in [5.74, 6) is -0.716. The number of carbonyl (C=O) groups excluding carboxylic acids is 1. The van der Waals surface area contributed by atoms with E-state index in [1.807, 2.05) is 31.2 Å². The zero-order valence-corrected chi connectivity index (χ0v) is 16.4. The van der Waals surface area contributed by atoms with E-state index in [4.69, 9.17) is 4.74 Å². The van der Waals surface area contributed by atoms with Gasteiger partial charge >= 0.3 is 0 Å². The molecule has 0 aliphatic rings. The Hall–Kier alpha value is -2.74. The number of amides is 1. The van der Waals surface area contributed by atoms with E-state index < -0.39 is 5.82 Å². The van der Waals surface area contributed by atoms with Gasteiger partial charge in [0.2, 0.25) is 0 Å². The minimum Gasteiger partial charge on any atom is -0.481 e. The van der Waals surface area contributed by atoms with Crippen molar-refractivity contribution in [2.75, 3.05) is 13.7 Å². The molecule has 0 saturated heterocycles. The van der Waals surface area contributed by atoms with Crippen LogP contribution in [0.4, 0.5) is 4.39 Å². The van der Waals surface area contributed by atoms with Gasteiger partial charge in [-0.25, -0.2) is 14.1 Å². The second-order valence-electron chi connectivity index (χ2n) is 5.98. The summed E-state index contributed by atoms with van der Waals surface area (Å²) in [7, 11) is 1.69. The van der Waals surface area contributed by atoms with Crippen molar-refractivity contribution >= 4 is 21.8 Å². The van der Waals surface area contributed by atoms with Gasteiger partial charge in [0.05, 0.1) is 11.7 Å². The topological polar surface area (TPSA) is 60.2 Å². The molecule has 0 radical (unpaired) electrons. The highest BCUT2D eigenvalue weighted by Crippen LogP contribution is 2.23. The van der Waals surface area contributed by atoms with Gasteiger partial charge in [-0.15, -0.1) is 0 Å². The van der Waals surface area contributed by atoms with E-state index in [1.54, 1.807) is 29.0 Å². The number of hydrogen-bond acceptors (Lipinski definition) is 4. The average Bonchev–Trinajstić information content (AvgIpc) is 3.21. The molecule has 2 aromatic carbocycles. The molecule has 27 heavy (non-hydrogen) atoms. The van der Waals surface area contributed by atoms with Crippen molar-refractivity contribution in [3.05, 3.63) is 71.0 Å². The molecular formula is C19H18BrFN4O2. The van der Waals surface area contributed by atoms with E-state index in [0.29, 0.717) is 4.47 Å². The molecule has 0 saturated carbocycles. The number of nitrogens with zero attached hydrogens (tertiary/aromatic N) is 4. The minimum absolute atomic E-state index is 0.0461. The van der Waals surface area contributed by atoms with Gasteiger partial charge in [-0.1, -0.05) is 28.1 Å². The maximum Gasteiger partial charge on any atom is 0.260 e. The number of halogens is 2. The molecule has 0 unspecified atom stereocenters. The molecule has 3 rings (SSSR count). The third-order valence-corrected chi connectivity index (χ3v) is 4.77. The Labute approximate surface area is 164 Å². The van der Waals surface area contributed by atoms with Gasteiger partial charge in [-0.2, -0.15) is 5.10 Å². The molecule has 0 aliphatic carbocycles. The lowest BCUT2D eigenvalue weighted by atomic mass is 10.1. The summed E-state index contributed by atoms with van der Waals surface area (Å²) >= 11 is 3.18. The van der Waals surface area contributed by atoms with Crippen molar-refractivity contribution in [1.82, 2.24) is 19.7 Å². The lowest BCUT2D eigenvalue weighted by Gasteiger charge is -2.25. The normalized spacial score (nSPS) is 11.9. The molecule has 140 valence electrons. The molecule has 0 aliphatic heterocycles. The highest BCUT2D eigenvalue weighted by molar-refractivity contribution is 9.10. The summed E-state index contributed by atoms with van der Waals surface area (Å²) in [5.41, 5.74) is 1.84. The van der Waals surface area contributed by atoms with E-state index in [0.717, 1.165) is 11.3 Å². The Balaban J connectivity index is 1.62. The second-order valence-corrected chi connectivity index (χ2v) is 6.89. The maximum atomic E-state index is 13.8. The van der Waals surface area contributed by atoms with E-state index in [1.165, 1.54) is 18.5 Å². The number of likely N-dealkylation sites (N-methyl/N-ethyl adjacent to an activating group) is 1. The first-order valence-electron chi connectivity index (χ1n) is 8.24. The third kappa shape index (κ3) is 4.51. The molecule has 0 fully saturated rings. The summed E-state index contributed by atoms with van der Waals surface area (Å²) in [6, 6.07) is 12.0. The quantitative estimate of drug-likeness (QED) is 0.594. The molecular weight excluding hydrogens is 415 g/mol. The standard InChI is InChI=1S/C19H18BrFN4O2/c1-13(14-3-6-16(7-4-14)25-12-22-11-23-25)24(2)19(26)10-27-18-8-5-15(20)9-17(18)21/h3-9,11-13H,10H2,1-2H3/t13-/m0/s1. The van der Waals surface area contributed by atoms with Crippen LogP contribution in [-0.2, 0) is 4.79 Å². The van der Waals surface area contributed by atoms with Crippen molar-refractivity contribution in [3.8, 4) is 11.4 Å².